The molecule has 1 aromatic rings. The van der Waals surface area contributed by atoms with Gasteiger partial charge < -0.3 is 14.9 Å². The predicted molar refractivity (Wildman–Crippen MR) is 63.2 cm³/mol. The summed E-state index contributed by atoms with van der Waals surface area (Å²) in [6.45, 7) is 0.657. The van der Waals surface area contributed by atoms with Gasteiger partial charge in [0, 0.05) is 16.8 Å². The summed E-state index contributed by atoms with van der Waals surface area (Å²) in [6, 6.07) is 1.45. The largest absolute Gasteiger partial charge is 0.393 e. The van der Waals surface area contributed by atoms with E-state index in [1.165, 1.54) is 12.3 Å². The van der Waals surface area contributed by atoms with Crippen molar-refractivity contribution in [3.8, 4) is 0 Å². The molecule has 20 heavy (non-hydrogen) atoms. The molecular formula is C10H12FN5O4. The zero-order chi connectivity index (χ0) is 14.9. The number of ether oxygens (including phenoxy) is 1. The van der Waals surface area contributed by atoms with E-state index in [9.17, 15) is 19.4 Å². The standard InChI is InChI=1S/C10H12FN5O4/c1-5-2-3-16(9(19)13-5)8-6(11)7(18)10(4-17,20-8)14-15-12/h2-3,6-8,17-18H,4H2,1H3/t6-,7?,8?,10+/m0/s1. The molecule has 9 nitrogen and oxygen atoms in total. The van der Waals surface area contributed by atoms with Crippen molar-refractivity contribution in [1.82, 2.24) is 9.55 Å². The molecule has 108 valence electrons. The summed E-state index contributed by atoms with van der Waals surface area (Å²) in [6.07, 6.45) is -4.25. The highest BCUT2D eigenvalue weighted by atomic mass is 19.1. The molecular weight excluding hydrogens is 273 g/mol. The van der Waals surface area contributed by atoms with E-state index in [0.29, 0.717) is 5.69 Å². The van der Waals surface area contributed by atoms with E-state index < -0.39 is 36.5 Å². The number of aromatic nitrogens is 2. The lowest BCUT2D eigenvalue weighted by Gasteiger charge is -2.23. The zero-order valence-electron chi connectivity index (χ0n) is 10.4. The number of alkyl halides is 1. The van der Waals surface area contributed by atoms with E-state index in [-0.39, 0.29) is 0 Å². The summed E-state index contributed by atoms with van der Waals surface area (Å²) in [5.41, 5.74) is 5.92. The number of azide groups is 1. The van der Waals surface area contributed by atoms with Crippen LogP contribution in [0.1, 0.15) is 11.9 Å². The van der Waals surface area contributed by atoms with Gasteiger partial charge in [0.15, 0.2) is 12.4 Å². The summed E-state index contributed by atoms with van der Waals surface area (Å²) in [4.78, 5) is 17.7. The molecule has 4 atom stereocenters. The van der Waals surface area contributed by atoms with Crippen LogP contribution >= 0.6 is 0 Å². The lowest BCUT2D eigenvalue weighted by Crippen LogP contribution is -2.43. The molecule has 10 heteroatoms. The van der Waals surface area contributed by atoms with Gasteiger partial charge in [-0.05, 0) is 18.5 Å². The van der Waals surface area contributed by atoms with Gasteiger partial charge in [-0.25, -0.2) is 9.18 Å². The maximum absolute atomic E-state index is 14.1. The maximum atomic E-state index is 14.1. The van der Waals surface area contributed by atoms with Gasteiger partial charge in [0.1, 0.15) is 6.10 Å². The van der Waals surface area contributed by atoms with Crippen LogP contribution in [0, 0.1) is 6.92 Å². The highest BCUT2D eigenvalue weighted by Gasteiger charge is 2.56. The summed E-state index contributed by atoms with van der Waals surface area (Å²) < 4.78 is 20.0. The average molecular weight is 285 g/mol. The van der Waals surface area contributed by atoms with Crippen molar-refractivity contribution < 1.29 is 19.3 Å². The van der Waals surface area contributed by atoms with Gasteiger partial charge in [0.2, 0.25) is 5.72 Å². The Bertz CT molecular complexity index is 616. The Balaban J connectivity index is 2.45. The normalized spacial score (nSPS) is 32.9. The second-order valence-corrected chi connectivity index (χ2v) is 4.35. The van der Waals surface area contributed by atoms with E-state index in [4.69, 9.17) is 10.3 Å². The van der Waals surface area contributed by atoms with Crippen molar-refractivity contribution in [1.29, 1.82) is 0 Å². The molecule has 1 aromatic heterocycles. The van der Waals surface area contributed by atoms with E-state index in [2.05, 4.69) is 15.0 Å². The number of aryl methyl sites for hydroxylation is 1. The Hall–Kier alpha value is -2.00. The molecule has 0 radical (unpaired) electrons. The third-order valence-corrected chi connectivity index (χ3v) is 3.04. The molecule has 0 aromatic carbocycles. The predicted octanol–water partition coefficient (Wildman–Crippen LogP) is -0.222. The minimum Gasteiger partial charge on any atom is -0.393 e. The summed E-state index contributed by atoms with van der Waals surface area (Å²) in [5.74, 6) is 0. The van der Waals surface area contributed by atoms with Gasteiger partial charge >= 0.3 is 5.69 Å². The minimum atomic E-state index is -2.16. The number of aliphatic hydroxyl groups is 2. The van der Waals surface area contributed by atoms with Crippen molar-refractivity contribution in [3.63, 3.8) is 0 Å². The Labute approximate surface area is 111 Å². The van der Waals surface area contributed by atoms with Crippen LogP contribution in [0.2, 0.25) is 0 Å². The number of rotatable bonds is 3. The van der Waals surface area contributed by atoms with Crippen molar-refractivity contribution in [2.75, 3.05) is 6.61 Å². The first-order valence-corrected chi connectivity index (χ1v) is 5.68. The van der Waals surface area contributed by atoms with E-state index >= 15 is 0 Å². The van der Waals surface area contributed by atoms with Crippen LogP contribution in [-0.4, -0.2) is 44.4 Å². The number of hydrogen-bond acceptors (Lipinski definition) is 6. The maximum Gasteiger partial charge on any atom is 0.349 e. The van der Waals surface area contributed by atoms with Gasteiger partial charge in [-0.1, -0.05) is 5.11 Å². The van der Waals surface area contributed by atoms with Crippen LogP contribution in [0.25, 0.3) is 10.4 Å². The third kappa shape index (κ3) is 2.14. The van der Waals surface area contributed by atoms with Gasteiger partial charge in [-0.15, -0.1) is 0 Å². The van der Waals surface area contributed by atoms with Crippen molar-refractivity contribution in [3.05, 3.63) is 38.9 Å². The minimum absolute atomic E-state index is 0.434. The van der Waals surface area contributed by atoms with Gasteiger partial charge in [-0.2, -0.15) is 4.98 Å². The molecule has 1 saturated heterocycles. The molecule has 1 aliphatic rings. The molecule has 0 saturated carbocycles. The molecule has 1 fully saturated rings. The van der Waals surface area contributed by atoms with Gasteiger partial charge in [-0.3, -0.25) is 4.57 Å². The molecule has 2 N–H and O–H groups in total. The quantitative estimate of drug-likeness (QED) is 0.450. The van der Waals surface area contributed by atoms with Crippen LogP contribution in [0.15, 0.2) is 22.2 Å². The van der Waals surface area contributed by atoms with E-state index in [1.54, 1.807) is 6.92 Å². The van der Waals surface area contributed by atoms with Crippen LogP contribution in [0.4, 0.5) is 4.39 Å². The van der Waals surface area contributed by atoms with Crippen LogP contribution in [-0.2, 0) is 4.74 Å². The fourth-order valence-corrected chi connectivity index (χ4v) is 1.97. The second kappa shape index (κ2) is 5.17. The summed E-state index contributed by atoms with van der Waals surface area (Å²) in [5, 5.41) is 22.1. The Kier molecular flexibility index (Phi) is 3.73. The van der Waals surface area contributed by atoms with Crippen molar-refractivity contribution >= 4 is 0 Å². The molecule has 1 aliphatic heterocycles. The number of halogens is 1. The Morgan fingerprint density at radius 1 is 1.75 bits per heavy atom. The number of aliphatic hydroxyl groups excluding tert-OH is 2. The van der Waals surface area contributed by atoms with Crippen molar-refractivity contribution in [2.24, 2.45) is 5.11 Å². The third-order valence-electron chi connectivity index (χ3n) is 3.04. The molecule has 2 unspecified atom stereocenters. The first-order chi connectivity index (χ1) is 9.45. The molecule has 2 rings (SSSR count). The molecule has 0 amide bonds. The molecule has 2 heterocycles. The monoisotopic (exact) mass is 285 g/mol. The average Bonchev–Trinajstić information content (AvgIpc) is 2.65. The molecule has 0 bridgehead atoms. The van der Waals surface area contributed by atoms with Crippen LogP contribution < -0.4 is 5.69 Å². The molecule has 0 aliphatic carbocycles. The number of nitrogens with zero attached hydrogens (tertiary/aromatic N) is 5. The first-order valence-electron chi connectivity index (χ1n) is 5.68. The topological polar surface area (TPSA) is 133 Å². The molecule has 0 spiro atoms. The van der Waals surface area contributed by atoms with Gasteiger partial charge in [0.25, 0.3) is 0 Å². The fraction of sp³-hybridized carbons (Fsp3) is 0.600. The summed E-state index contributed by atoms with van der Waals surface area (Å²) >= 11 is 0. The number of hydrogen-bond donors (Lipinski definition) is 2. The Morgan fingerprint density at radius 2 is 2.45 bits per heavy atom. The second-order valence-electron chi connectivity index (χ2n) is 4.35. The lowest BCUT2D eigenvalue weighted by molar-refractivity contribution is -0.124. The van der Waals surface area contributed by atoms with E-state index in [1.807, 2.05) is 0 Å². The van der Waals surface area contributed by atoms with Crippen LogP contribution in [0.5, 0.6) is 0 Å². The van der Waals surface area contributed by atoms with Crippen molar-refractivity contribution in [2.45, 2.75) is 31.2 Å². The first kappa shape index (κ1) is 14.4. The van der Waals surface area contributed by atoms with Crippen LogP contribution in [0.3, 0.4) is 0 Å². The summed E-state index contributed by atoms with van der Waals surface area (Å²) in [7, 11) is 0. The fourth-order valence-electron chi connectivity index (χ4n) is 1.97. The van der Waals surface area contributed by atoms with E-state index in [0.717, 1.165) is 4.57 Å². The lowest BCUT2D eigenvalue weighted by atomic mass is 10.1. The zero-order valence-corrected chi connectivity index (χ0v) is 10.4. The highest BCUT2D eigenvalue weighted by molar-refractivity contribution is 5.03. The highest BCUT2D eigenvalue weighted by Crippen LogP contribution is 2.39. The Morgan fingerprint density at radius 3 is 3.00 bits per heavy atom. The van der Waals surface area contributed by atoms with Gasteiger partial charge in [0.05, 0.1) is 6.61 Å². The SMILES string of the molecule is Cc1ccn(C2O[C@@](CO)(N=[N+]=[N-])C(O)[C@@H]2F)c(=O)n1. The smallest absolute Gasteiger partial charge is 0.349 e.